The number of para-hydroxylation sites is 1. The number of aromatic nitrogens is 2. The second-order valence-corrected chi connectivity index (χ2v) is 13.5. The van der Waals surface area contributed by atoms with Gasteiger partial charge in [0.1, 0.15) is 0 Å². The zero-order valence-electron chi connectivity index (χ0n) is 23.1. The highest BCUT2D eigenvalue weighted by atomic mass is 15.0. The Hall–Kier alpha value is -2.48. The van der Waals surface area contributed by atoms with Gasteiger partial charge in [-0.1, -0.05) is 52.0 Å². The molecule has 0 radical (unpaired) electrons. The number of hydrogen-bond donors (Lipinski definition) is 0. The minimum atomic E-state index is 0.0616. The summed E-state index contributed by atoms with van der Waals surface area (Å²) in [5, 5.41) is 2.73. The average Bonchev–Trinajstić information content (AvgIpc) is 3.34. The van der Waals surface area contributed by atoms with Gasteiger partial charge in [0.05, 0.1) is 0 Å². The Labute approximate surface area is 207 Å². The summed E-state index contributed by atoms with van der Waals surface area (Å²) in [5.41, 5.74) is 5.91. The van der Waals surface area contributed by atoms with E-state index in [0.29, 0.717) is 0 Å². The molecule has 2 aromatic heterocycles. The lowest BCUT2D eigenvalue weighted by atomic mass is 9.72. The molecule has 0 aliphatic heterocycles. The topological polar surface area (TPSA) is 9.86 Å². The van der Waals surface area contributed by atoms with Gasteiger partial charge in [-0.2, -0.15) is 0 Å². The fourth-order valence-electron chi connectivity index (χ4n) is 5.33. The van der Waals surface area contributed by atoms with Crippen molar-refractivity contribution in [1.29, 1.82) is 0 Å². The molecule has 2 heterocycles. The molecule has 0 atom stereocenters. The molecule has 0 aliphatic carbocycles. The van der Waals surface area contributed by atoms with Crippen molar-refractivity contribution in [3.8, 4) is 0 Å². The van der Waals surface area contributed by atoms with Crippen LogP contribution in [0.1, 0.15) is 93.2 Å². The van der Waals surface area contributed by atoms with Gasteiger partial charge >= 0.3 is 0 Å². The Bertz CT molecular complexity index is 1310. The summed E-state index contributed by atoms with van der Waals surface area (Å²) in [5.74, 6) is 0. The van der Waals surface area contributed by atoms with Gasteiger partial charge in [0.15, 0.2) is 0 Å². The summed E-state index contributed by atoms with van der Waals surface area (Å²) in [7, 11) is 0. The van der Waals surface area contributed by atoms with Crippen molar-refractivity contribution in [3.05, 3.63) is 72.1 Å². The summed E-state index contributed by atoms with van der Waals surface area (Å²) >= 11 is 0. The van der Waals surface area contributed by atoms with Gasteiger partial charge < -0.3 is 9.13 Å². The molecule has 4 aromatic rings. The van der Waals surface area contributed by atoms with E-state index in [2.05, 4.69) is 139 Å². The van der Waals surface area contributed by atoms with E-state index in [-0.39, 0.29) is 21.9 Å². The molecule has 0 saturated carbocycles. The molecule has 2 heteroatoms. The molecule has 0 amide bonds. The molecule has 0 aliphatic rings. The van der Waals surface area contributed by atoms with Crippen LogP contribution in [0.15, 0.2) is 60.9 Å². The maximum Gasteiger partial charge on any atom is 0.0488 e. The van der Waals surface area contributed by atoms with Crippen molar-refractivity contribution >= 4 is 21.8 Å². The highest BCUT2D eigenvalue weighted by molar-refractivity contribution is 5.85. The van der Waals surface area contributed by atoms with Crippen molar-refractivity contribution in [3.63, 3.8) is 0 Å². The van der Waals surface area contributed by atoms with Crippen LogP contribution < -0.4 is 0 Å². The third kappa shape index (κ3) is 4.44. The fraction of sp³-hybridized carbons (Fsp3) is 0.500. The summed E-state index contributed by atoms with van der Waals surface area (Å²) in [6.45, 7) is 23.3. The van der Waals surface area contributed by atoms with Gasteiger partial charge in [0, 0.05) is 39.9 Å². The Morgan fingerprint density at radius 1 is 0.618 bits per heavy atom. The number of fused-ring (bicyclic) bond motifs is 2. The molecule has 0 saturated heterocycles. The van der Waals surface area contributed by atoms with E-state index < -0.39 is 0 Å². The van der Waals surface area contributed by atoms with Gasteiger partial charge in [-0.3, -0.25) is 0 Å². The van der Waals surface area contributed by atoms with E-state index in [4.69, 9.17) is 0 Å². The number of benzene rings is 2. The summed E-state index contributed by atoms with van der Waals surface area (Å²) < 4.78 is 4.84. The molecular formula is C32H44N2. The quantitative estimate of drug-likeness (QED) is 0.283. The standard InChI is InChI=1S/C32H44N2/c1-29(2,3)33-20-17-23-21-24(15-16-27(23)33)31(7,8)18-19-32(9,10)26-22-34(30(4,5)6)28-14-12-11-13-25(26)28/h11-17,20-22H,18-19H2,1-10H3. The highest BCUT2D eigenvalue weighted by Gasteiger charge is 2.31. The first-order chi connectivity index (χ1) is 15.6. The van der Waals surface area contributed by atoms with Gasteiger partial charge in [0.2, 0.25) is 0 Å². The van der Waals surface area contributed by atoms with Crippen LogP contribution in [0, 0.1) is 0 Å². The van der Waals surface area contributed by atoms with E-state index in [1.54, 1.807) is 0 Å². The molecule has 2 nitrogen and oxygen atoms in total. The van der Waals surface area contributed by atoms with Gasteiger partial charge in [0.25, 0.3) is 0 Å². The third-order valence-corrected chi connectivity index (χ3v) is 7.73. The van der Waals surface area contributed by atoms with E-state index >= 15 is 0 Å². The maximum atomic E-state index is 2.46. The van der Waals surface area contributed by atoms with Crippen molar-refractivity contribution in [2.75, 3.05) is 0 Å². The number of rotatable bonds is 5. The van der Waals surface area contributed by atoms with Crippen LogP contribution >= 0.6 is 0 Å². The lowest BCUT2D eigenvalue weighted by Crippen LogP contribution is -2.25. The van der Waals surface area contributed by atoms with E-state index in [9.17, 15) is 0 Å². The summed E-state index contributed by atoms with van der Waals surface area (Å²) in [6, 6.07) is 18.3. The lowest BCUT2D eigenvalue weighted by molar-refractivity contribution is 0.371. The Balaban J connectivity index is 1.63. The third-order valence-electron chi connectivity index (χ3n) is 7.73. The molecule has 2 aromatic carbocycles. The van der Waals surface area contributed by atoms with Crippen LogP contribution in [-0.2, 0) is 21.9 Å². The largest absolute Gasteiger partial charge is 0.342 e. The number of nitrogens with zero attached hydrogens (tertiary/aromatic N) is 2. The first kappa shape index (κ1) is 24.6. The van der Waals surface area contributed by atoms with Crippen molar-refractivity contribution < 1.29 is 0 Å². The van der Waals surface area contributed by atoms with Crippen LogP contribution in [0.4, 0.5) is 0 Å². The lowest BCUT2D eigenvalue weighted by Gasteiger charge is -2.32. The van der Waals surface area contributed by atoms with E-state index in [1.165, 1.54) is 32.9 Å². The van der Waals surface area contributed by atoms with Crippen molar-refractivity contribution in [2.45, 2.75) is 104 Å². The molecule has 182 valence electrons. The second kappa shape index (κ2) is 8.04. The second-order valence-electron chi connectivity index (χ2n) is 13.5. The summed E-state index contributed by atoms with van der Waals surface area (Å²) in [4.78, 5) is 0. The zero-order chi connectivity index (χ0) is 25.1. The van der Waals surface area contributed by atoms with Crippen LogP contribution in [0.5, 0.6) is 0 Å². The molecule has 0 spiro atoms. The van der Waals surface area contributed by atoms with Crippen molar-refractivity contribution in [2.24, 2.45) is 0 Å². The molecule has 0 fully saturated rings. The predicted molar refractivity (Wildman–Crippen MR) is 149 cm³/mol. The first-order valence-electron chi connectivity index (χ1n) is 12.8. The van der Waals surface area contributed by atoms with Crippen LogP contribution in [0.2, 0.25) is 0 Å². The van der Waals surface area contributed by atoms with E-state index in [0.717, 1.165) is 12.8 Å². The molecular weight excluding hydrogens is 412 g/mol. The average molecular weight is 457 g/mol. The van der Waals surface area contributed by atoms with Crippen LogP contribution in [-0.4, -0.2) is 9.13 Å². The Morgan fingerprint density at radius 2 is 1.24 bits per heavy atom. The number of hydrogen-bond acceptors (Lipinski definition) is 0. The van der Waals surface area contributed by atoms with Crippen LogP contribution in [0.25, 0.3) is 21.8 Å². The summed E-state index contributed by atoms with van der Waals surface area (Å²) in [6.07, 6.45) is 6.92. The minimum Gasteiger partial charge on any atom is -0.342 e. The van der Waals surface area contributed by atoms with Gasteiger partial charge in [-0.15, -0.1) is 0 Å². The van der Waals surface area contributed by atoms with Gasteiger partial charge in [-0.05, 0) is 106 Å². The smallest absolute Gasteiger partial charge is 0.0488 e. The monoisotopic (exact) mass is 456 g/mol. The molecule has 0 unspecified atom stereocenters. The van der Waals surface area contributed by atoms with E-state index in [1.807, 2.05) is 0 Å². The minimum absolute atomic E-state index is 0.0616. The SMILES string of the molecule is CC(C)(CCC(C)(C)c1cn(C(C)(C)C)c2ccccc12)c1ccc2c(ccn2C(C)(C)C)c1. The maximum absolute atomic E-state index is 2.46. The highest BCUT2D eigenvalue weighted by Crippen LogP contribution is 2.41. The zero-order valence-corrected chi connectivity index (χ0v) is 23.1. The predicted octanol–water partition coefficient (Wildman–Crippen LogP) is 9.14. The van der Waals surface area contributed by atoms with Gasteiger partial charge in [-0.25, -0.2) is 0 Å². The molecule has 0 bridgehead atoms. The molecule has 4 rings (SSSR count). The fourth-order valence-corrected chi connectivity index (χ4v) is 5.33. The van der Waals surface area contributed by atoms with Crippen LogP contribution in [0.3, 0.4) is 0 Å². The molecule has 0 N–H and O–H groups in total. The normalized spacial score (nSPS) is 13.8. The Morgan fingerprint density at radius 3 is 1.88 bits per heavy atom. The Kier molecular flexibility index (Phi) is 5.83. The molecule has 34 heavy (non-hydrogen) atoms. The first-order valence-corrected chi connectivity index (χ1v) is 12.8. The van der Waals surface area contributed by atoms with Crippen molar-refractivity contribution in [1.82, 2.24) is 9.13 Å².